The van der Waals surface area contributed by atoms with Gasteiger partial charge in [-0.2, -0.15) is 23.4 Å². The van der Waals surface area contributed by atoms with Gasteiger partial charge in [0.1, 0.15) is 23.1 Å². The summed E-state index contributed by atoms with van der Waals surface area (Å²) in [4.78, 5) is 11.8. The Bertz CT molecular complexity index is 880. The third kappa shape index (κ3) is 3.99. The number of alkyl halides is 3. The number of piperidine rings is 1. The molecule has 0 aromatic carbocycles. The highest BCUT2D eigenvalue weighted by molar-refractivity contribution is 5.56. The zero-order valence-corrected chi connectivity index (χ0v) is 14.8. The maximum absolute atomic E-state index is 13.4. The van der Waals surface area contributed by atoms with E-state index in [1.54, 1.807) is 6.07 Å². The Hall–Kier alpha value is -2.93. The molecule has 0 amide bonds. The largest absolute Gasteiger partial charge is 0.421 e. The standard InChI is InChI=1S/C18H18F3N7/c19-18(20,21)15-9-24-17(27-13-4-3-12(7-22)23-8-13)28-16(15)26-14-5-10-1-2-11(6-14)25-10/h3-4,8-11,14,25H,1-2,5-6H2,(H2,24,26,27,28). The van der Waals surface area contributed by atoms with Crippen LogP contribution in [0.25, 0.3) is 0 Å². The van der Waals surface area contributed by atoms with Gasteiger partial charge in [0.05, 0.1) is 11.9 Å². The van der Waals surface area contributed by atoms with Gasteiger partial charge in [0.2, 0.25) is 5.95 Å². The van der Waals surface area contributed by atoms with Crippen LogP contribution in [0.15, 0.2) is 24.5 Å². The molecule has 2 aromatic rings. The molecule has 2 aromatic heterocycles. The number of fused-ring (bicyclic) bond motifs is 2. The first-order valence-corrected chi connectivity index (χ1v) is 9.00. The van der Waals surface area contributed by atoms with Crippen molar-refractivity contribution in [1.82, 2.24) is 20.3 Å². The number of rotatable bonds is 4. The second kappa shape index (κ2) is 7.24. The summed E-state index contributed by atoms with van der Waals surface area (Å²) >= 11 is 0. The van der Waals surface area contributed by atoms with Crippen LogP contribution in [0, 0.1) is 11.3 Å². The average molecular weight is 389 g/mol. The van der Waals surface area contributed by atoms with Crippen LogP contribution in [0.3, 0.4) is 0 Å². The van der Waals surface area contributed by atoms with Crippen molar-refractivity contribution in [3.8, 4) is 6.07 Å². The van der Waals surface area contributed by atoms with E-state index in [0.29, 0.717) is 17.8 Å². The number of hydrogen-bond donors (Lipinski definition) is 3. The summed E-state index contributed by atoms with van der Waals surface area (Å²) in [6.45, 7) is 0. The van der Waals surface area contributed by atoms with E-state index < -0.39 is 11.7 Å². The molecular weight excluding hydrogens is 371 g/mol. The predicted molar refractivity (Wildman–Crippen MR) is 95.9 cm³/mol. The first-order chi connectivity index (χ1) is 13.4. The smallest absolute Gasteiger partial charge is 0.367 e. The number of nitrogens with zero attached hydrogens (tertiary/aromatic N) is 4. The van der Waals surface area contributed by atoms with Crippen molar-refractivity contribution in [2.75, 3.05) is 10.6 Å². The molecule has 2 unspecified atom stereocenters. The molecule has 2 bridgehead atoms. The normalized spacial score (nSPS) is 23.9. The highest BCUT2D eigenvalue weighted by atomic mass is 19.4. The summed E-state index contributed by atoms with van der Waals surface area (Å²) in [5.41, 5.74) is -0.173. The third-order valence-corrected chi connectivity index (χ3v) is 5.04. The molecule has 2 fully saturated rings. The molecule has 0 spiro atoms. The van der Waals surface area contributed by atoms with Gasteiger partial charge >= 0.3 is 6.18 Å². The number of halogens is 3. The molecule has 28 heavy (non-hydrogen) atoms. The Kier molecular flexibility index (Phi) is 4.77. The highest BCUT2D eigenvalue weighted by Crippen LogP contribution is 2.36. The van der Waals surface area contributed by atoms with Crippen LogP contribution in [-0.2, 0) is 6.18 Å². The molecule has 0 aliphatic carbocycles. The Morgan fingerprint density at radius 1 is 1.11 bits per heavy atom. The van der Waals surface area contributed by atoms with Crippen LogP contribution in [0.1, 0.15) is 36.9 Å². The molecule has 2 aliphatic rings. The maximum Gasteiger partial charge on any atom is 0.421 e. The molecule has 7 nitrogen and oxygen atoms in total. The fraction of sp³-hybridized carbons (Fsp3) is 0.444. The number of hydrogen-bond acceptors (Lipinski definition) is 7. The molecule has 146 valence electrons. The van der Waals surface area contributed by atoms with Crippen molar-refractivity contribution in [3.63, 3.8) is 0 Å². The molecular formula is C18H18F3N7. The van der Waals surface area contributed by atoms with Gasteiger partial charge in [0.25, 0.3) is 0 Å². The molecule has 3 N–H and O–H groups in total. The lowest BCUT2D eigenvalue weighted by Gasteiger charge is -2.30. The van der Waals surface area contributed by atoms with E-state index in [4.69, 9.17) is 5.26 Å². The Labute approximate surface area is 159 Å². The van der Waals surface area contributed by atoms with Gasteiger partial charge in [-0.3, -0.25) is 0 Å². The van der Waals surface area contributed by atoms with Crippen LogP contribution in [0.2, 0.25) is 0 Å². The fourth-order valence-electron chi connectivity index (χ4n) is 3.79. The molecule has 4 heterocycles. The van der Waals surface area contributed by atoms with Crippen molar-refractivity contribution in [1.29, 1.82) is 5.26 Å². The summed E-state index contributed by atoms with van der Waals surface area (Å²) < 4.78 is 40.3. The number of nitrogens with one attached hydrogen (secondary N) is 3. The van der Waals surface area contributed by atoms with E-state index >= 15 is 0 Å². The van der Waals surface area contributed by atoms with Gasteiger partial charge in [-0.15, -0.1) is 0 Å². The van der Waals surface area contributed by atoms with E-state index in [1.165, 1.54) is 12.3 Å². The summed E-state index contributed by atoms with van der Waals surface area (Å²) in [6.07, 6.45) is 1.26. The van der Waals surface area contributed by atoms with Gasteiger partial charge in [-0.1, -0.05) is 0 Å². The average Bonchev–Trinajstić information content (AvgIpc) is 3.00. The van der Waals surface area contributed by atoms with E-state index in [9.17, 15) is 13.2 Å². The zero-order chi connectivity index (χ0) is 19.7. The molecule has 2 atom stereocenters. The summed E-state index contributed by atoms with van der Waals surface area (Å²) in [5, 5.41) is 18.1. The lowest BCUT2D eigenvalue weighted by atomic mass is 9.99. The van der Waals surface area contributed by atoms with Crippen LogP contribution >= 0.6 is 0 Å². The first-order valence-electron chi connectivity index (χ1n) is 9.00. The van der Waals surface area contributed by atoms with E-state index in [1.807, 2.05) is 6.07 Å². The molecule has 0 radical (unpaired) electrons. The van der Waals surface area contributed by atoms with Crippen molar-refractivity contribution in [2.45, 2.75) is 50.0 Å². The summed E-state index contributed by atoms with van der Waals surface area (Å²) in [6, 6.07) is 5.60. The van der Waals surface area contributed by atoms with Gasteiger partial charge < -0.3 is 16.0 Å². The van der Waals surface area contributed by atoms with Gasteiger partial charge in [0, 0.05) is 24.3 Å². The topological polar surface area (TPSA) is 98.5 Å². The van der Waals surface area contributed by atoms with Crippen LogP contribution in [0.4, 0.5) is 30.6 Å². The van der Waals surface area contributed by atoms with Crippen molar-refractivity contribution in [2.24, 2.45) is 0 Å². The quantitative estimate of drug-likeness (QED) is 0.739. The minimum Gasteiger partial charge on any atom is -0.367 e. The minimum atomic E-state index is -4.55. The number of aromatic nitrogens is 3. The highest BCUT2D eigenvalue weighted by Gasteiger charge is 2.38. The minimum absolute atomic E-state index is 0.0268. The van der Waals surface area contributed by atoms with Gasteiger partial charge in [0.15, 0.2) is 0 Å². The molecule has 4 rings (SSSR count). The third-order valence-electron chi connectivity index (χ3n) is 5.04. The van der Waals surface area contributed by atoms with Gasteiger partial charge in [-0.25, -0.2) is 9.97 Å². The first kappa shape index (κ1) is 18.4. The Balaban J connectivity index is 1.57. The van der Waals surface area contributed by atoms with E-state index in [2.05, 4.69) is 30.9 Å². The van der Waals surface area contributed by atoms with E-state index in [0.717, 1.165) is 31.9 Å². The Morgan fingerprint density at radius 3 is 2.46 bits per heavy atom. The predicted octanol–water partition coefficient (Wildman–Crippen LogP) is 3.20. The van der Waals surface area contributed by atoms with Crippen LogP contribution in [0.5, 0.6) is 0 Å². The van der Waals surface area contributed by atoms with Crippen molar-refractivity contribution in [3.05, 3.63) is 35.8 Å². The zero-order valence-electron chi connectivity index (χ0n) is 14.8. The number of anilines is 3. The lowest BCUT2D eigenvalue weighted by Crippen LogP contribution is -2.43. The molecule has 2 saturated heterocycles. The van der Waals surface area contributed by atoms with E-state index in [-0.39, 0.29) is 23.5 Å². The second-order valence-corrected chi connectivity index (χ2v) is 7.07. The van der Waals surface area contributed by atoms with Crippen molar-refractivity contribution < 1.29 is 13.2 Å². The SMILES string of the molecule is N#Cc1ccc(Nc2ncc(C(F)(F)F)c(NC3CC4CCC(C3)N4)n2)cn1. The molecule has 2 aliphatic heterocycles. The second-order valence-electron chi connectivity index (χ2n) is 7.07. The summed E-state index contributed by atoms with van der Waals surface area (Å²) in [5.74, 6) is -0.197. The Morgan fingerprint density at radius 2 is 1.86 bits per heavy atom. The number of nitriles is 1. The molecule has 10 heteroatoms. The molecule has 0 saturated carbocycles. The van der Waals surface area contributed by atoms with Crippen molar-refractivity contribution >= 4 is 17.5 Å². The summed E-state index contributed by atoms with van der Waals surface area (Å²) in [7, 11) is 0. The van der Waals surface area contributed by atoms with Crippen LogP contribution < -0.4 is 16.0 Å². The monoisotopic (exact) mass is 389 g/mol. The lowest BCUT2D eigenvalue weighted by molar-refractivity contribution is -0.137. The maximum atomic E-state index is 13.4. The number of pyridine rings is 1. The van der Waals surface area contributed by atoms with Gasteiger partial charge in [-0.05, 0) is 37.8 Å². The van der Waals surface area contributed by atoms with Crippen LogP contribution in [-0.4, -0.2) is 33.1 Å². The fourth-order valence-corrected chi connectivity index (χ4v) is 3.79.